The van der Waals surface area contributed by atoms with Gasteiger partial charge >= 0.3 is 0 Å². The molecule has 0 saturated heterocycles. The van der Waals surface area contributed by atoms with Crippen molar-refractivity contribution in [3.63, 3.8) is 0 Å². The van der Waals surface area contributed by atoms with E-state index in [1.54, 1.807) is 0 Å². The maximum absolute atomic E-state index is 2.42. The van der Waals surface area contributed by atoms with Crippen molar-refractivity contribution in [1.82, 2.24) is 0 Å². The Morgan fingerprint density at radius 2 is 0.696 bits per heavy atom. The molecule has 324 valence electrons. The van der Waals surface area contributed by atoms with Crippen LogP contribution in [0.3, 0.4) is 0 Å². The molecule has 1 heteroatoms. The van der Waals surface area contributed by atoms with Crippen LogP contribution in [-0.2, 0) is 0 Å². The molecular weight excluding hydrogens is 831 g/mol. The molecule has 0 atom stereocenters. The lowest BCUT2D eigenvalue weighted by Gasteiger charge is -2.25. The van der Waals surface area contributed by atoms with Gasteiger partial charge in [0, 0.05) is 17.1 Å². The van der Waals surface area contributed by atoms with E-state index < -0.39 is 0 Å². The number of hydrogen-bond acceptors (Lipinski definition) is 1. The number of benzene rings is 12. The molecule has 0 amide bonds. The van der Waals surface area contributed by atoms with Gasteiger partial charge in [-0.2, -0.15) is 0 Å². The molecule has 1 aliphatic rings. The summed E-state index contributed by atoms with van der Waals surface area (Å²) in [6.07, 6.45) is 9.22. The summed E-state index contributed by atoms with van der Waals surface area (Å²) in [5.74, 6) is 0. The van der Waals surface area contributed by atoms with Gasteiger partial charge in [0.1, 0.15) is 0 Å². The van der Waals surface area contributed by atoms with E-state index in [2.05, 4.69) is 266 Å². The third-order valence-electron chi connectivity index (χ3n) is 14.2. The predicted octanol–water partition coefficient (Wildman–Crippen LogP) is 19.3. The number of fused-ring (bicyclic) bond motifs is 5. The highest BCUT2D eigenvalue weighted by Crippen LogP contribution is 2.47. The Hall–Kier alpha value is -8.78. The summed E-state index contributed by atoms with van der Waals surface area (Å²) in [7, 11) is 0. The first-order valence-corrected chi connectivity index (χ1v) is 24.1. The van der Waals surface area contributed by atoms with Gasteiger partial charge in [0.15, 0.2) is 0 Å². The van der Waals surface area contributed by atoms with Crippen LogP contribution in [0.4, 0.5) is 17.1 Å². The Bertz CT molecular complexity index is 3880. The highest BCUT2D eigenvalue weighted by molar-refractivity contribution is 6.23. The molecular formula is C68H47N. The lowest BCUT2D eigenvalue weighted by atomic mass is 9.83. The second-order valence-corrected chi connectivity index (χ2v) is 18.2. The lowest BCUT2D eigenvalue weighted by molar-refractivity contribution is 1.04. The fourth-order valence-corrected chi connectivity index (χ4v) is 11.1. The van der Waals surface area contributed by atoms with E-state index in [1.165, 1.54) is 110 Å². The zero-order valence-electron chi connectivity index (χ0n) is 38.2. The average Bonchev–Trinajstić information content (AvgIpc) is 3.42. The zero-order valence-corrected chi connectivity index (χ0v) is 38.2. The van der Waals surface area contributed by atoms with E-state index in [4.69, 9.17) is 0 Å². The fourth-order valence-electron chi connectivity index (χ4n) is 11.1. The Morgan fingerprint density at radius 1 is 0.261 bits per heavy atom. The van der Waals surface area contributed by atoms with Gasteiger partial charge in [-0.25, -0.2) is 0 Å². The number of anilines is 3. The van der Waals surface area contributed by atoms with E-state index in [9.17, 15) is 0 Å². The summed E-state index contributed by atoms with van der Waals surface area (Å²) in [4.78, 5) is 2.33. The average molecular weight is 878 g/mol. The minimum Gasteiger partial charge on any atom is -0.310 e. The van der Waals surface area contributed by atoms with Crippen molar-refractivity contribution < 1.29 is 0 Å². The van der Waals surface area contributed by atoms with Crippen LogP contribution in [0.2, 0.25) is 0 Å². The van der Waals surface area contributed by atoms with Crippen molar-refractivity contribution in [3.8, 4) is 44.5 Å². The molecule has 0 saturated carbocycles. The quantitative estimate of drug-likeness (QED) is 0.138. The summed E-state index contributed by atoms with van der Waals surface area (Å²) in [6.45, 7) is 0. The van der Waals surface area contributed by atoms with Crippen LogP contribution in [0.25, 0.3) is 104 Å². The van der Waals surface area contributed by atoms with Crippen LogP contribution in [0.5, 0.6) is 0 Å². The molecule has 0 spiro atoms. The van der Waals surface area contributed by atoms with E-state index >= 15 is 0 Å². The number of nitrogens with zero attached hydrogens (tertiary/aromatic N) is 1. The Balaban J connectivity index is 0.941. The maximum Gasteiger partial charge on any atom is 0.0468 e. The van der Waals surface area contributed by atoms with Gasteiger partial charge in [0.2, 0.25) is 0 Å². The van der Waals surface area contributed by atoms with Gasteiger partial charge in [0.25, 0.3) is 0 Å². The van der Waals surface area contributed by atoms with Gasteiger partial charge in [0.05, 0.1) is 0 Å². The van der Waals surface area contributed by atoms with Gasteiger partial charge < -0.3 is 4.90 Å². The molecule has 12 aromatic carbocycles. The van der Waals surface area contributed by atoms with Crippen LogP contribution in [-0.4, -0.2) is 0 Å². The number of allylic oxidation sites excluding steroid dienone is 4. The monoisotopic (exact) mass is 877 g/mol. The minimum atomic E-state index is 1.06. The van der Waals surface area contributed by atoms with Crippen LogP contribution >= 0.6 is 0 Å². The van der Waals surface area contributed by atoms with E-state index in [0.29, 0.717) is 0 Å². The molecule has 13 rings (SSSR count). The third-order valence-corrected chi connectivity index (χ3v) is 14.2. The Morgan fingerprint density at radius 3 is 1.23 bits per heavy atom. The third kappa shape index (κ3) is 7.10. The van der Waals surface area contributed by atoms with Crippen LogP contribution in [0.1, 0.15) is 18.4 Å². The first kappa shape index (κ1) is 40.5. The van der Waals surface area contributed by atoms with Crippen molar-refractivity contribution in [2.24, 2.45) is 0 Å². The molecule has 0 aliphatic heterocycles. The van der Waals surface area contributed by atoms with Gasteiger partial charge in [-0.3, -0.25) is 0 Å². The summed E-state index contributed by atoms with van der Waals surface area (Å²) in [5, 5.41) is 12.5. The molecule has 0 N–H and O–H groups in total. The smallest absolute Gasteiger partial charge is 0.0468 e. The van der Waals surface area contributed by atoms with Gasteiger partial charge in [-0.1, -0.05) is 212 Å². The van der Waals surface area contributed by atoms with Gasteiger partial charge in [-0.15, -0.1) is 0 Å². The Labute approximate surface area is 403 Å². The van der Waals surface area contributed by atoms with Crippen LogP contribution in [0, 0.1) is 0 Å². The van der Waals surface area contributed by atoms with Crippen molar-refractivity contribution in [1.29, 1.82) is 0 Å². The molecule has 1 aliphatic carbocycles. The van der Waals surface area contributed by atoms with Crippen LogP contribution in [0.15, 0.2) is 261 Å². The highest BCUT2D eigenvalue weighted by atomic mass is 15.1. The highest BCUT2D eigenvalue weighted by Gasteiger charge is 2.21. The fraction of sp³-hybridized carbons (Fsp3) is 0.0294. The van der Waals surface area contributed by atoms with Crippen molar-refractivity contribution in [2.45, 2.75) is 12.8 Å². The first-order chi connectivity index (χ1) is 34.2. The first-order valence-electron chi connectivity index (χ1n) is 24.1. The van der Waals surface area contributed by atoms with Crippen molar-refractivity contribution in [3.05, 3.63) is 266 Å². The topological polar surface area (TPSA) is 3.24 Å². The number of rotatable bonds is 8. The van der Waals surface area contributed by atoms with E-state index in [0.717, 1.165) is 29.9 Å². The number of hydrogen-bond donors (Lipinski definition) is 0. The maximum atomic E-state index is 2.42. The summed E-state index contributed by atoms with van der Waals surface area (Å²) < 4.78 is 0. The molecule has 0 aromatic heterocycles. The molecule has 0 fully saturated rings. The van der Waals surface area contributed by atoms with Crippen molar-refractivity contribution >= 4 is 76.5 Å². The van der Waals surface area contributed by atoms with Crippen LogP contribution < -0.4 is 4.90 Å². The standard InChI is InChI=1S/C68H47N/c1-5-19-46(20-6-1)52-40-42-63-64(45-52)67(47-21-7-2-8-22-47)60-30-16-13-27-57(60)66(63)49-35-33-48(34-36-49)65-58-28-14-17-31-61(58)68(62-32-18-15-29-59(62)65)53-38-37-51-44-56(41-39-50(51)43-53)69(54-23-9-3-10-24-54)55-25-11-4-12-26-55/h1,3-7,9-45H,2,8H2. The molecule has 1 nitrogen and oxygen atoms in total. The van der Waals surface area contributed by atoms with E-state index in [1.807, 2.05) is 0 Å². The second kappa shape index (κ2) is 17.1. The zero-order chi connectivity index (χ0) is 45.7. The summed E-state index contributed by atoms with van der Waals surface area (Å²) in [5.41, 5.74) is 15.9. The predicted molar refractivity (Wildman–Crippen MR) is 297 cm³/mol. The van der Waals surface area contributed by atoms with Gasteiger partial charge in [-0.05, 0) is 171 Å². The molecule has 0 radical (unpaired) electrons. The molecule has 0 unspecified atom stereocenters. The second-order valence-electron chi connectivity index (χ2n) is 18.2. The SMILES string of the molecule is C1=CC(c2c3ccccc3c(-c3ccc(-c4c5ccccc5c(-c5ccc6cc(N(c7ccccc7)c7ccccc7)ccc6c5)c5ccccc45)cc3)c3ccc(-c4ccccc4)cc23)=CCC1. The largest absolute Gasteiger partial charge is 0.310 e. The summed E-state index contributed by atoms with van der Waals surface area (Å²) >= 11 is 0. The minimum absolute atomic E-state index is 1.06. The molecule has 0 bridgehead atoms. The van der Waals surface area contributed by atoms with E-state index in [-0.39, 0.29) is 0 Å². The molecule has 12 aromatic rings. The Kier molecular flexibility index (Phi) is 10.1. The van der Waals surface area contributed by atoms with Crippen molar-refractivity contribution in [2.75, 3.05) is 4.90 Å². The summed E-state index contributed by atoms with van der Waals surface area (Å²) in [6, 6.07) is 89.3. The number of para-hydroxylation sites is 2. The lowest BCUT2D eigenvalue weighted by Crippen LogP contribution is -2.09. The molecule has 69 heavy (non-hydrogen) atoms. The normalized spacial score (nSPS) is 12.6. The molecule has 0 heterocycles.